The van der Waals surface area contributed by atoms with Gasteiger partial charge in [0.2, 0.25) is 0 Å². The highest BCUT2D eigenvalue weighted by Gasteiger charge is 2.22. The van der Waals surface area contributed by atoms with E-state index in [0.717, 1.165) is 0 Å². The van der Waals surface area contributed by atoms with Gasteiger partial charge in [-0.25, -0.2) is 0 Å². The average molecular weight is 601 g/mol. The SMILES string of the molecule is C[SiH](C)Cc1ccc2c(-c3ccc(-c4ccc5ccccc5c4)cc3)c3cc([Si](C)(C)C)ccc3c(-c3ccccc3)c2c1. The Morgan fingerprint density at radius 1 is 0.455 bits per heavy atom. The normalized spacial score (nSPS) is 12.0. The van der Waals surface area contributed by atoms with Crippen LogP contribution in [0.5, 0.6) is 0 Å². The maximum absolute atomic E-state index is 2.52. The van der Waals surface area contributed by atoms with E-state index in [0.29, 0.717) is 0 Å². The van der Waals surface area contributed by atoms with Crippen molar-refractivity contribution in [3.63, 3.8) is 0 Å². The molecule has 216 valence electrons. The Morgan fingerprint density at radius 3 is 1.70 bits per heavy atom. The van der Waals surface area contributed by atoms with Crippen LogP contribution in [0.2, 0.25) is 32.7 Å². The molecule has 0 saturated heterocycles. The molecule has 0 aliphatic rings. The molecule has 7 aromatic carbocycles. The molecule has 7 rings (SSSR count). The van der Waals surface area contributed by atoms with Gasteiger partial charge in [0.25, 0.3) is 0 Å². The van der Waals surface area contributed by atoms with Gasteiger partial charge in [-0.3, -0.25) is 0 Å². The van der Waals surface area contributed by atoms with E-state index >= 15 is 0 Å². The van der Waals surface area contributed by atoms with Crippen molar-refractivity contribution < 1.29 is 0 Å². The minimum atomic E-state index is -1.54. The molecule has 0 unspecified atom stereocenters. The van der Waals surface area contributed by atoms with E-state index in [9.17, 15) is 0 Å². The zero-order valence-electron chi connectivity index (χ0n) is 26.5. The smallest absolute Gasteiger partial charge is 0.0719 e. The first-order valence-electron chi connectivity index (χ1n) is 15.9. The summed E-state index contributed by atoms with van der Waals surface area (Å²) in [6.45, 7) is 12.3. The lowest BCUT2D eigenvalue weighted by molar-refractivity contribution is 1.37. The number of rotatable bonds is 6. The summed E-state index contributed by atoms with van der Waals surface area (Å²) in [5.41, 5.74) is 9.26. The largest absolute Gasteiger partial charge is 0.0776 e. The molecule has 0 radical (unpaired) electrons. The fourth-order valence-electron chi connectivity index (χ4n) is 6.77. The van der Waals surface area contributed by atoms with Crippen molar-refractivity contribution in [1.82, 2.24) is 0 Å². The molecule has 0 spiro atoms. The van der Waals surface area contributed by atoms with Gasteiger partial charge in [-0.15, -0.1) is 0 Å². The third-order valence-electron chi connectivity index (χ3n) is 9.01. The number of hydrogen-bond acceptors (Lipinski definition) is 0. The summed E-state index contributed by atoms with van der Waals surface area (Å²) < 4.78 is 0. The van der Waals surface area contributed by atoms with Crippen molar-refractivity contribution in [3.05, 3.63) is 139 Å². The van der Waals surface area contributed by atoms with Crippen molar-refractivity contribution in [2.45, 2.75) is 38.8 Å². The molecular weight excluding hydrogens is 561 g/mol. The molecule has 0 nitrogen and oxygen atoms in total. The highest BCUT2D eigenvalue weighted by atomic mass is 28.3. The van der Waals surface area contributed by atoms with Crippen LogP contribution < -0.4 is 5.19 Å². The zero-order valence-corrected chi connectivity index (χ0v) is 28.6. The van der Waals surface area contributed by atoms with E-state index < -0.39 is 16.9 Å². The third-order valence-corrected chi connectivity index (χ3v) is 12.3. The molecule has 0 aliphatic heterocycles. The molecule has 2 heteroatoms. The van der Waals surface area contributed by atoms with E-state index in [1.54, 1.807) is 0 Å². The van der Waals surface area contributed by atoms with Crippen LogP contribution in [0.3, 0.4) is 0 Å². The summed E-state index contributed by atoms with van der Waals surface area (Å²) >= 11 is 0. The lowest BCUT2D eigenvalue weighted by Crippen LogP contribution is -2.37. The van der Waals surface area contributed by atoms with Crippen LogP contribution in [0.25, 0.3) is 65.7 Å². The van der Waals surface area contributed by atoms with Crippen LogP contribution in [-0.4, -0.2) is 16.9 Å². The first kappa shape index (κ1) is 28.5. The van der Waals surface area contributed by atoms with E-state index in [-0.39, 0.29) is 0 Å². The molecule has 44 heavy (non-hydrogen) atoms. The second kappa shape index (κ2) is 11.4. The highest BCUT2D eigenvalue weighted by Crippen LogP contribution is 2.44. The standard InChI is InChI=1S/C42H40Si2/c1-43(2)28-29-15-23-37-39(25-29)41(32-12-7-6-8-13-32)38-24-22-36(44(3,4)5)27-40(38)42(37)33-19-16-31(17-20-33)35-21-18-30-11-9-10-14-34(30)26-35/h6-27,43H,28H2,1-5H3. The van der Waals surface area contributed by atoms with Crippen molar-refractivity contribution in [2.24, 2.45) is 0 Å². The lowest BCUT2D eigenvalue weighted by Gasteiger charge is -2.22. The monoisotopic (exact) mass is 600 g/mol. The Bertz CT molecular complexity index is 2130. The molecule has 0 fully saturated rings. The summed E-state index contributed by atoms with van der Waals surface area (Å²) in [6.07, 6.45) is 0. The summed E-state index contributed by atoms with van der Waals surface area (Å²) in [5, 5.41) is 9.48. The molecular formula is C42H40Si2. The molecule has 0 heterocycles. The Kier molecular flexibility index (Phi) is 7.36. The highest BCUT2D eigenvalue weighted by molar-refractivity contribution is 6.88. The van der Waals surface area contributed by atoms with Crippen molar-refractivity contribution in [1.29, 1.82) is 0 Å². The minimum Gasteiger partial charge on any atom is -0.0719 e. The second-order valence-corrected chi connectivity index (χ2v) is 22.0. The molecule has 0 aliphatic carbocycles. The van der Waals surface area contributed by atoms with E-state index in [4.69, 9.17) is 0 Å². The molecule has 0 saturated carbocycles. The van der Waals surface area contributed by atoms with Crippen molar-refractivity contribution >= 4 is 54.4 Å². The summed E-state index contributed by atoms with van der Waals surface area (Å²) in [5.74, 6) is 0. The predicted octanol–water partition coefficient (Wildman–Crippen LogP) is 11.3. The van der Waals surface area contributed by atoms with Crippen molar-refractivity contribution in [2.75, 3.05) is 0 Å². The Balaban J connectivity index is 1.50. The molecule has 7 aromatic rings. The second-order valence-electron chi connectivity index (χ2n) is 13.7. The molecule has 0 aromatic heterocycles. The van der Waals surface area contributed by atoms with E-state index in [1.807, 2.05) is 0 Å². The van der Waals surface area contributed by atoms with Crippen LogP contribution in [0.15, 0.2) is 133 Å². The molecule has 0 amide bonds. The maximum Gasteiger partial charge on any atom is 0.0776 e. The first-order valence-corrected chi connectivity index (χ1v) is 22.6. The Morgan fingerprint density at radius 2 is 1.02 bits per heavy atom. The lowest BCUT2D eigenvalue weighted by atomic mass is 9.85. The van der Waals surface area contributed by atoms with Crippen LogP contribution >= 0.6 is 0 Å². The number of hydrogen-bond donors (Lipinski definition) is 0. The van der Waals surface area contributed by atoms with Crippen LogP contribution in [-0.2, 0) is 6.04 Å². The Labute approximate surface area is 264 Å². The van der Waals surface area contributed by atoms with Gasteiger partial charge in [0, 0.05) is 8.80 Å². The van der Waals surface area contributed by atoms with Gasteiger partial charge >= 0.3 is 0 Å². The van der Waals surface area contributed by atoms with E-state index in [2.05, 4.69) is 166 Å². The third kappa shape index (κ3) is 5.34. The minimum absolute atomic E-state index is 0.762. The molecule has 0 N–H and O–H groups in total. The first-order chi connectivity index (χ1) is 21.3. The van der Waals surface area contributed by atoms with Crippen LogP contribution in [0.4, 0.5) is 0 Å². The van der Waals surface area contributed by atoms with Crippen molar-refractivity contribution in [3.8, 4) is 33.4 Å². The number of benzene rings is 7. The summed E-state index contributed by atoms with van der Waals surface area (Å²) in [4.78, 5) is 0. The Hall–Kier alpha value is -4.25. The van der Waals surface area contributed by atoms with Gasteiger partial charge in [-0.05, 0) is 77.8 Å². The van der Waals surface area contributed by atoms with E-state index in [1.165, 1.54) is 82.5 Å². The van der Waals surface area contributed by atoms with Gasteiger partial charge in [-0.1, -0.05) is 171 Å². The van der Waals surface area contributed by atoms with Gasteiger partial charge in [0.15, 0.2) is 0 Å². The van der Waals surface area contributed by atoms with Crippen LogP contribution in [0.1, 0.15) is 5.56 Å². The van der Waals surface area contributed by atoms with Gasteiger partial charge < -0.3 is 0 Å². The zero-order chi connectivity index (χ0) is 30.4. The predicted molar refractivity (Wildman–Crippen MR) is 201 cm³/mol. The average Bonchev–Trinajstić information content (AvgIpc) is 3.03. The maximum atomic E-state index is 2.52. The topological polar surface area (TPSA) is 0 Å². The summed E-state index contributed by atoms with van der Waals surface area (Å²) in [6, 6.07) is 51.6. The van der Waals surface area contributed by atoms with Gasteiger partial charge in [0.1, 0.15) is 0 Å². The molecule has 0 bridgehead atoms. The molecule has 0 atom stereocenters. The van der Waals surface area contributed by atoms with Gasteiger partial charge in [0.05, 0.1) is 8.07 Å². The number of fused-ring (bicyclic) bond motifs is 3. The van der Waals surface area contributed by atoms with Gasteiger partial charge in [-0.2, -0.15) is 0 Å². The fourth-order valence-corrected chi connectivity index (χ4v) is 9.12. The fraction of sp³-hybridized carbons (Fsp3) is 0.143. The van der Waals surface area contributed by atoms with Crippen LogP contribution in [0, 0.1) is 0 Å². The summed E-state index contributed by atoms with van der Waals surface area (Å²) in [7, 11) is -2.30. The quantitative estimate of drug-likeness (QED) is 0.132.